The van der Waals surface area contributed by atoms with Gasteiger partial charge in [-0.3, -0.25) is 4.98 Å². The molecule has 15 heavy (non-hydrogen) atoms. The summed E-state index contributed by atoms with van der Waals surface area (Å²) >= 11 is 0. The van der Waals surface area contributed by atoms with Crippen molar-refractivity contribution in [1.29, 1.82) is 0 Å². The van der Waals surface area contributed by atoms with Gasteiger partial charge in [-0.15, -0.1) is 0 Å². The number of pyridine rings is 1. The fourth-order valence-electron chi connectivity index (χ4n) is 1.42. The third-order valence-electron chi connectivity index (χ3n) is 2.20. The maximum Gasteiger partial charge on any atom is 0.161 e. The van der Waals surface area contributed by atoms with Gasteiger partial charge in [-0.05, 0) is 18.2 Å². The molecule has 0 spiro atoms. The Morgan fingerprint density at radius 1 is 1.00 bits per heavy atom. The average Bonchev–Trinajstić information content (AvgIpc) is 2.26. The number of hydrogen-bond donors (Lipinski definition) is 2. The number of phenols is 2. The van der Waals surface area contributed by atoms with E-state index in [1.165, 1.54) is 6.07 Å². The number of para-hydroxylation sites is 1. The van der Waals surface area contributed by atoms with E-state index in [0.717, 1.165) is 5.69 Å². The Morgan fingerprint density at radius 3 is 2.60 bits per heavy atom. The Balaban J connectivity index is 2.29. The molecule has 1 heterocycles. The SMILES string of the molecule is Oc1cccc(Cc2ccccn2)c1O. The lowest BCUT2D eigenvalue weighted by Gasteiger charge is -2.05. The van der Waals surface area contributed by atoms with Gasteiger partial charge in [-0.25, -0.2) is 0 Å². The minimum Gasteiger partial charge on any atom is -0.504 e. The molecule has 3 nitrogen and oxygen atoms in total. The highest BCUT2D eigenvalue weighted by atomic mass is 16.3. The van der Waals surface area contributed by atoms with Crippen molar-refractivity contribution >= 4 is 0 Å². The topological polar surface area (TPSA) is 53.4 Å². The molecule has 0 unspecified atom stereocenters. The largest absolute Gasteiger partial charge is 0.504 e. The van der Waals surface area contributed by atoms with Gasteiger partial charge in [0.05, 0.1) is 0 Å². The molecule has 2 N–H and O–H groups in total. The summed E-state index contributed by atoms with van der Waals surface area (Å²) in [7, 11) is 0. The third-order valence-corrected chi connectivity index (χ3v) is 2.20. The van der Waals surface area contributed by atoms with Gasteiger partial charge in [0.2, 0.25) is 0 Å². The van der Waals surface area contributed by atoms with Gasteiger partial charge in [0.25, 0.3) is 0 Å². The number of phenolic OH excluding ortho intramolecular Hbond substituents is 2. The Morgan fingerprint density at radius 2 is 1.87 bits per heavy atom. The van der Waals surface area contributed by atoms with Crippen LogP contribution in [0.15, 0.2) is 42.6 Å². The van der Waals surface area contributed by atoms with Crippen molar-refractivity contribution in [2.24, 2.45) is 0 Å². The zero-order valence-corrected chi connectivity index (χ0v) is 8.09. The van der Waals surface area contributed by atoms with Crippen LogP contribution < -0.4 is 0 Å². The standard InChI is InChI=1S/C12H11NO2/c14-11-6-3-4-9(12(11)15)8-10-5-1-2-7-13-10/h1-7,14-15H,8H2. The Kier molecular flexibility index (Phi) is 2.54. The monoisotopic (exact) mass is 201 g/mol. The number of aromatic hydroxyl groups is 2. The highest BCUT2D eigenvalue weighted by Crippen LogP contribution is 2.29. The zero-order valence-electron chi connectivity index (χ0n) is 8.09. The van der Waals surface area contributed by atoms with E-state index >= 15 is 0 Å². The highest BCUT2D eigenvalue weighted by Gasteiger charge is 2.06. The molecule has 1 aromatic heterocycles. The molecule has 1 aromatic carbocycles. The second-order valence-electron chi connectivity index (χ2n) is 3.28. The number of nitrogens with zero attached hydrogens (tertiary/aromatic N) is 1. The van der Waals surface area contributed by atoms with Crippen molar-refractivity contribution in [2.75, 3.05) is 0 Å². The molecule has 0 atom stereocenters. The molecule has 0 fully saturated rings. The van der Waals surface area contributed by atoms with E-state index in [2.05, 4.69) is 4.98 Å². The summed E-state index contributed by atoms with van der Waals surface area (Å²) < 4.78 is 0. The number of rotatable bonds is 2. The molecule has 0 saturated heterocycles. The minimum absolute atomic E-state index is 0.0665. The lowest BCUT2D eigenvalue weighted by atomic mass is 10.1. The van der Waals surface area contributed by atoms with Crippen molar-refractivity contribution in [3.8, 4) is 11.5 Å². The summed E-state index contributed by atoms with van der Waals surface area (Å²) in [6.07, 6.45) is 2.22. The predicted octanol–water partition coefficient (Wildman–Crippen LogP) is 2.08. The van der Waals surface area contributed by atoms with Crippen LogP contribution >= 0.6 is 0 Å². The minimum atomic E-state index is -0.0940. The maximum atomic E-state index is 9.58. The maximum absolute atomic E-state index is 9.58. The van der Waals surface area contributed by atoms with E-state index in [1.807, 2.05) is 18.2 Å². The molecule has 3 heteroatoms. The van der Waals surface area contributed by atoms with Crippen molar-refractivity contribution in [3.05, 3.63) is 53.9 Å². The van der Waals surface area contributed by atoms with Crippen LogP contribution in [0, 0.1) is 0 Å². The predicted molar refractivity (Wildman–Crippen MR) is 56.8 cm³/mol. The van der Waals surface area contributed by atoms with E-state index in [0.29, 0.717) is 12.0 Å². The van der Waals surface area contributed by atoms with Crippen LogP contribution in [0.5, 0.6) is 11.5 Å². The van der Waals surface area contributed by atoms with E-state index in [9.17, 15) is 10.2 Å². The first-order chi connectivity index (χ1) is 7.27. The molecule has 0 saturated carbocycles. The first kappa shape index (κ1) is 9.52. The summed E-state index contributed by atoms with van der Waals surface area (Å²) in [6.45, 7) is 0. The fourth-order valence-corrected chi connectivity index (χ4v) is 1.42. The van der Waals surface area contributed by atoms with Crippen LogP contribution in [0.4, 0.5) is 0 Å². The van der Waals surface area contributed by atoms with E-state index in [1.54, 1.807) is 18.3 Å². The van der Waals surface area contributed by atoms with Gasteiger partial charge < -0.3 is 10.2 Å². The molecule has 76 valence electrons. The third kappa shape index (κ3) is 2.07. The summed E-state index contributed by atoms with van der Waals surface area (Å²) in [5.74, 6) is -0.161. The van der Waals surface area contributed by atoms with Gasteiger partial charge in [-0.2, -0.15) is 0 Å². The van der Waals surface area contributed by atoms with Gasteiger partial charge in [0, 0.05) is 23.9 Å². The molecular weight excluding hydrogens is 190 g/mol. The molecular formula is C12H11NO2. The summed E-state index contributed by atoms with van der Waals surface area (Å²) in [5, 5.41) is 18.9. The van der Waals surface area contributed by atoms with Gasteiger partial charge >= 0.3 is 0 Å². The lowest BCUT2D eigenvalue weighted by Crippen LogP contribution is -1.91. The number of benzene rings is 1. The normalized spacial score (nSPS) is 10.1. The van der Waals surface area contributed by atoms with Crippen LogP contribution in [0.25, 0.3) is 0 Å². The highest BCUT2D eigenvalue weighted by molar-refractivity contribution is 5.45. The fraction of sp³-hybridized carbons (Fsp3) is 0.0833. The smallest absolute Gasteiger partial charge is 0.161 e. The van der Waals surface area contributed by atoms with E-state index in [-0.39, 0.29) is 11.5 Å². The zero-order chi connectivity index (χ0) is 10.7. The van der Waals surface area contributed by atoms with Crippen LogP contribution in [0.2, 0.25) is 0 Å². The first-order valence-corrected chi connectivity index (χ1v) is 4.67. The Hall–Kier alpha value is -2.03. The summed E-state index contributed by atoms with van der Waals surface area (Å²) in [6, 6.07) is 10.5. The molecule has 2 aromatic rings. The van der Waals surface area contributed by atoms with Gasteiger partial charge in [0.1, 0.15) is 0 Å². The second kappa shape index (κ2) is 4.00. The molecule has 0 aliphatic carbocycles. The van der Waals surface area contributed by atoms with Crippen molar-refractivity contribution in [1.82, 2.24) is 4.98 Å². The van der Waals surface area contributed by atoms with Crippen LogP contribution in [-0.4, -0.2) is 15.2 Å². The second-order valence-corrected chi connectivity index (χ2v) is 3.28. The summed E-state index contributed by atoms with van der Waals surface area (Å²) in [5.41, 5.74) is 1.53. The quantitative estimate of drug-likeness (QED) is 0.731. The summed E-state index contributed by atoms with van der Waals surface area (Å²) in [4.78, 5) is 4.15. The van der Waals surface area contributed by atoms with E-state index in [4.69, 9.17) is 0 Å². The van der Waals surface area contributed by atoms with Gasteiger partial charge in [0.15, 0.2) is 11.5 Å². The number of hydrogen-bond acceptors (Lipinski definition) is 3. The molecule has 0 radical (unpaired) electrons. The molecule has 0 aliphatic heterocycles. The van der Waals surface area contributed by atoms with Crippen LogP contribution in [-0.2, 0) is 6.42 Å². The van der Waals surface area contributed by atoms with Crippen LogP contribution in [0.1, 0.15) is 11.3 Å². The van der Waals surface area contributed by atoms with Gasteiger partial charge in [-0.1, -0.05) is 18.2 Å². The Bertz CT molecular complexity index is 454. The van der Waals surface area contributed by atoms with Crippen molar-refractivity contribution in [2.45, 2.75) is 6.42 Å². The molecule has 0 amide bonds. The first-order valence-electron chi connectivity index (χ1n) is 4.67. The molecule has 0 bridgehead atoms. The van der Waals surface area contributed by atoms with Crippen molar-refractivity contribution in [3.63, 3.8) is 0 Å². The van der Waals surface area contributed by atoms with Crippen molar-refractivity contribution < 1.29 is 10.2 Å². The lowest BCUT2D eigenvalue weighted by molar-refractivity contribution is 0.400. The Labute approximate surface area is 87.7 Å². The van der Waals surface area contributed by atoms with E-state index < -0.39 is 0 Å². The average molecular weight is 201 g/mol. The number of aromatic nitrogens is 1. The molecule has 2 rings (SSSR count). The van der Waals surface area contributed by atoms with Crippen LogP contribution in [0.3, 0.4) is 0 Å². The molecule has 0 aliphatic rings.